The van der Waals surface area contributed by atoms with Gasteiger partial charge in [0, 0.05) is 36.8 Å². The first-order chi connectivity index (χ1) is 7.92. The van der Waals surface area contributed by atoms with Crippen LogP contribution < -0.4 is 10.2 Å². The Balaban J connectivity index is 1.82. The van der Waals surface area contributed by atoms with Crippen LogP contribution in [0, 0.1) is 0 Å². The van der Waals surface area contributed by atoms with Crippen LogP contribution in [0.25, 0.3) is 10.2 Å². The Hall–Kier alpha value is -1.13. The van der Waals surface area contributed by atoms with E-state index in [0.717, 1.165) is 13.1 Å². The number of nitrogens with zero attached hydrogens (tertiary/aromatic N) is 2. The maximum Gasteiger partial charge on any atom is 0.104 e. The van der Waals surface area contributed by atoms with Gasteiger partial charge in [-0.3, -0.25) is 4.98 Å². The minimum absolute atomic E-state index is 0.685. The quantitative estimate of drug-likeness (QED) is 0.812. The summed E-state index contributed by atoms with van der Waals surface area (Å²) in [6.07, 6.45) is 3.19. The number of anilines is 1. The first-order valence-electron chi connectivity index (χ1n) is 5.74. The third-order valence-electron chi connectivity index (χ3n) is 3.68. The number of pyridine rings is 1. The van der Waals surface area contributed by atoms with E-state index >= 15 is 0 Å². The average molecular weight is 231 g/mol. The molecule has 2 aromatic heterocycles. The Kier molecular flexibility index (Phi) is 1.78. The molecule has 2 bridgehead atoms. The summed E-state index contributed by atoms with van der Waals surface area (Å²) in [6.45, 7) is 2.28. The van der Waals surface area contributed by atoms with Gasteiger partial charge in [0.05, 0.1) is 10.4 Å². The van der Waals surface area contributed by atoms with Gasteiger partial charge in [0.25, 0.3) is 0 Å². The highest BCUT2D eigenvalue weighted by atomic mass is 32.1. The molecule has 16 heavy (non-hydrogen) atoms. The molecule has 1 N–H and O–H groups in total. The predicted molar refractivity (Wildman–Crippen MR) is 67.2 cm³/mol. The summed E-state index contributed by atoms with van der Waals surface area (Å²) in [6, 6.07) is 5.55. The highest BCUT2D eigenvalue weighted by Gasteiger charge is 2.38. The summed E-state index contributed by atoms with van der Waals surface area (Å²) in [5.74, 6) is 0. The van der Waals surface area contributed by atoms with Crippen molar-refractivity contribution in [3.05, 3.63) is 23.7 Å². The van der Waals surface area contributed by atoms with Crippen LogP contribution in [-0.4, -0.2) is 30.2 Å². The maximum absolute atomic E-state index is 4.52. The highest BCUT2D eigenvalue weighted by Crippen LogP contribution is 2.36. The van der Waals surface area contributed by atoms with Crippen molar-refractivity contribution in [3.63, 3.8) is 0 Å². The number of rotatable bonds is 1. The van der Waals surface area contributed by atoms with E-state index in [1.807, 2.05) is 12.3 Å². The number of piperazine rings is 1. The minimum atomic E-state index is 0.685. The molecule has 3 nitrogen and oxygen atoms in total. The SMILES string of the molecule is c1cnc2c(N3CC4CC3CN4)csc2c1. The molecule has 2 aliphatic rings. The van der Waals surface area contributed by atoms with Crippen LogP contribution in [-0.2, 0) is 0 Å². The Bertz CT molecular complexity index is 536. The van der Waals surface area contributed by atoms with Crippen LogP contribution in [0.3, 0.4) is 0 Å². The lowest BCUT2D eigenvalue weighted by molar-refractivity contribution is 0.581. The van der Waals surface area contributed by atoms with Crippen molar-refractivity contribution in [3.8, 4) is 0 Å². The molecule has 4 heterocycles. The number of hydrogen-bond donors (Lipinski definition) is 1. The molecule has 2 fully saturated rings. The fourth-order valence-corrected chi connectivity index (χ4v) is 3.82. The lowest BCUT2D eigenvalue weighted by Crippen LogP contribution is -2.43. The molecule has 2 atom stereocenters. The molecule has 4 rings (SSSR count). The molecule has 0 radical (unpaired) electrons. The molecular formula is C12H13N3S. The molecule has 2 aromatic rings. The molecule has 0 spiro atoms. The van der Waals surface area contributed by atoms with Crippen LogP contribution in [0.2, 0.25) is 0 Å². The summed E-state index contributed by atoms with van der Waals surface area (Å²) < 4.78 is 1.30. The fraction of sp³-hybridized carbons (Fsp3) is 0.417. The van der Waals surface area contributed by atoms with Crippen LogP contribution in [0.5, 0.6) is 0 Å². The van der Waals surface area contributed by atoms with E-state index in [2.05, 4.69) is 26.6 Å². The molecule has 2 unspecified atom stereocenters. The zero-order valence-electron chi connectivity index (χ0n) is 8.89. The number of fused-ring (bicyclic) bond motifs is 3. The fourth-order valence-electron chi connectivity index (χ4n) is 2.91. The Morgan fingerprint density at radius 1 is 1.50 bits per heavy atom. The third kappa shape index (κ3) is 1.14. The smallest absolute Gasteiger partial charge is 0.104 e. The van der Waals surface area contributed by atoms with Gasteiger partial charge in [0.15, 0.2) is 0 Å². The van der Waals surface area contributed by atoms with Crippen LogP contribution in [0.1, 0.15) is 6.42 Å². The average Bonchev–Trinajstić information content (AvgIpc) is 3.03. The largest absolute Gasteiger partial charge is 0.363 e. The standard InChI is InChI=1S/C12H13N3S/c1-2-11-12(13-3-1)10(7-16-11)15-6-8-4-9(15)5-14-8/h1-3,7-9,14H,4-6H2. The first-order valence-corrected chi connectivity index (χ1v) is 6.62. The van der Waals surface area contributed by atoms with Gasteiger partial charge in [-0.25, -0.2) is 0 Å². The van der Waals surface area contributed by atoms with Crippen molar-refractivity contribution in [1.29, 1.82) is 0 Å². The van der Waals surface area contributed by atoms with E-state index in [0.29, 0.717) is 12.1 Å². The topological polar surface area (TPSA) is 28.2 Å². The molecule has 82 valence electrons. The van der Waals surface area contributed by atoms with Crippen molar-refractivity contribution >= 4 is 27.2 Å². The van der Waals surface area contributed by atoms with Gasteiger partial charge in [-0.05, 0) is 18.6 Å². The number of nitrogens with one attached hydrogen (secondary N) is 1. The van der Waals surface area contributed by atoms with E-state index in [1.165, 1.54) is 22.3 Å². The lowest BCUT2D eigenvalue weighted by atomic mass is 10.2. The van der Waals surface area contributed by atoms with E-state index in [4.69, 9.17) is 0 Å². The van der Waals surface area contributed by atoms with Gasteiger partial charge >= 0.3 is 0 Å². The molecule has 0 aromatic carbocycles. The van der Waals surface area contributed by atoms with Crippen molar-refractivity contribution in [1.82, 2.24) is 10.3 Å². The summed E-state index contributed by atoms with van der Waals surface area (Å²) in [5.41, 5.74) is 2.52. The second kappa shape index (κ2) is 3.18. The van der Waals surface area contributed by atoms with Gasteiger partial charge in [0.2, 0.25) is 0 Å². The first kappa shape index (κ1) is 8.96. The number of hydrogen-bond acceptors (Lipinski definition) is 4. The molecule has 0 amide bonds. The maximum atomic E-state index is 4.52. The molecule has 2 aliphatic heterocycles. The minimum Gasteiger partial charge on any atom is -0.363 e. The Labute approximate surface area is 98.1 Å². The summed E-state index contributed by atoms with van der Waals surface area (Å²) in [7, 11) is 0. The van der Waals surface area contributed by atoms with Gasteiger partial charge in [-0.1, -0.05) is 0 Å². The van der Waals surface area contributed by atoms with Gasteiger partial charge in [-0.2, -0.15) is 0 Å². The molecular weight excluding hydrogens is 218 g/mol. The zero-order chi connectivity index (χ0) is 10.5. The van der Waals surface area contributed by atoms with Crippen molar-refractivity contribution in [2.75, 3.05) is 18.0 Å². The Morgan fingerprint density at radius 3 is 3.31 bits per heavy atom. The van der Waals surface area contributed by atoms with Gasteiger partial charge < -0.3 is 10.2 Å². The molecule has 4 heteroatoms. The van der Waals surface area contributed by atoms with Crippen LogP contribution in [0.4, 0.5) is 5.69 Å². The Morgan fingerprint density at radius 2 is 2.50 bits per heavy atom. The second-order valence-electron chi connectivity index (χ2n) is 4.62. The van der Waals surface area contributed by atoms with E-state index in [-0.39, 0.29) is 0 Å². The van der Waals surface area contributed by atoms with Crippen molar-refractivity contribution < 1.29 is 0 Å². The van der Waals surface area contributed by atoms with Gasteiger partial charge in [0.1, 0.15) is 5.52 Å². The summed E-state index contributed by atoms with van der Waals surface area (Å²) in [4.78, 5) is 7.05. The normalized spacial score (nSPS) is 28.1. The number of aromatic nitrogens is 1. The molecule has 2 saturated heterocycles. The van der Waals surface area contributed by atoms with Gasteiger partial charge in [-0.15, -0.1) is 11.3 Å². The lowest BCUT2D eigenvalue weighted by Gasteiger charge is -2.28. The van der Waals surface area contributed by atoms with E-state index in [9.17, 15) is 0 Å². The zero-order valence-corrected chi connectivity index (χ0v) is 9.70. The van der Waals surface area contributed by atoms with Crippen molar-refractivity contribution in [2.45, 2.75) is 18.5 Å². The second-order valence-corrected chi connectivity index (χ2v) is 5.53. The van der Waals surface area contributed by atoms with Crippen molar-refractivity contribution in [2.24, 2.45) is 0 Å². The summed E-state index contributed by atoms with van der Waals surface area (Å²) in [5, 5.41) is 5.80. The third-order valence-corrected chi connectivity index (χ3v) is 4.60. The number of thiophene rings is 1. The van der Waals surface area contributed by atoms with Crippen LogP contribution >= 0.6 is 11.3 Å². The molecule has 0 saturated carbocycles. The van der Waals surface area contributed by atoms with E-state index < -0.39 is 0 Å². The monoisotopic (exact) mass is 231 g/mol. The highest BCUT2D eigenvalue weighted by molar-refractivity contribution is 7.17. The van der Waals surface area contributed by atoms with E-state index in [1.54, 1.807) is 11.3 Å². The molecule has 0 aliphatic carbocycles. The van der Waals surface area contributed by atoms with Crippen LogP contribution in [0.15, 0.2) is 23.7 Å². The summed E-state index contributed by atoms with van der Waals surface area (Å²) >= 11 is 1.80. The predicted octanol–water partition coefficient (Wildman–Crippen LogP) is 1.85.